The Morgan fingerprint density at radius 2 is 1.50 bits per heavy atom. The van der Waals surface area contributed by atoms with Crippen LogP contribution in [0.15, 0.2) is 0 Å². The molecule has 6 atom stereocenters. The zero-order valence-electron chi connectivity index (χ0n) is 16.1. The number of carboxylic acids is 1. The highest BCUT2D eigenvalue weighted by Gasteiger charge is 2.34. The Bertz CT molecular complexity index is 561. The molecule has 6 unspecified atom stereocenters. The number of amides is 3. The lowest BCUT2D eigenvalue weighted by atomic mass is 9.97. The van der Waals surface area contributed by atoms with Crippen LogP contribution in [-0.2, 0) is 19.2 Å². The Labute approximate surface area is 168 Å². The lowest BCUT2D eigenvalue weighted by Gasteiger charge is -2.28. The van der Waals surface area contributed by atoms with E-state index in [4.69, 9.17) is 15.9 Å². The Morgan fingerprint density at radius 1 is 1.00 bits per heavy atom. The molecule has 0 fully saturated rings. The van der Waals surface area contributed by atoms with Gasteiger partial charge in [0.1, 0.15) is 24.2 Å². The number of rotatable bonds is 12. The van der Waals surface area contributed by atoms with Gasteiger partial charge in [-0.15, -0.1) is 0 Å². The molecule has 0 aliphatic heterocycles. The molecule has 0 saturated heterocycles. The third-order valence-electron chi connectivity index (χ3n) is 4.19. The molecule has 0 aromatic heterocycles. The lowest BCUT2D eigenvalue weighted by molar-refractivity contribution is -0.142. The minimum absolute atomic E-state index is 0.188. The van der Waals surface area contributed by atoms with Gasteiger partial charge in [0.2, 0.25) is 17.7 Å². The fraction of sp³-hybridized carbons (Fsp3) is 0.750. The van der Waals surface area contributed by atoms with Gasteiger partial charge in [-0.1, -0.05) is 20.3 Å². The van der Waals surface area contributed by atoms with Crippen LogP contribution in [0.25, 0.3) is 0 Å². The molecule has 28 heavy (non-hydrogen) atoms. The van der Waals surface area contributed by atoms with E-state index in [-0.39, 0.29) is 11.7 Å². The number of aliphatic hydroxyl groups is 2. The molecule has 0 heterocycles. The molecular formula is C16H30N4O7S. The average molecular weight is 423 g/mol. The summed E-state index contributed by atoms with van der Waals surface area (Å²) in [5.74, 6) is -4.27. The smallest absolute Gasteiger partial charge is 0.327 e. The molecule has 0 radical (unpaired) electrons. The summed E-state index contributed by atoms with van der Waals surface area (Å²) in [4.78, 5) is 47.9. The molecule has 12 heteroatoms. The van der Waals surface area contributed by atoms with Gasteiger partial charge < -0.3 is 37.0 Å². The van der Waals surface area contributed by atoms with Crippen molar-refractivity contribution in [3.63, 3.8) is 0 Å². The van der Waals surface area contributed by atoms with Crippen LogP contribution in [0.2, 0.25) is 0 Å². The summed E-state index contributed by atoms with van der Waals surface area (Å²) < 4.78 is 0. The van der Waals surface area contributed by atoms with Crippen LogP contribution in [0.5, 0.6) is 0 Å². The van der Waals surface area contributed by atoms with Crippen molar-refractivity contribution in [2.75, 3.05) is 12.4 Å². The van der Waals surface area contributed by atoms with E-state index in [0.717, 1.165) is 0 Å². The van der Waals surface area contributed by atoms with Gasteiger partial charge in [0.25, 0.3) is 0 Å². The van der Waals surface area contributed by atoms with Crippen LogP contribution >= 0.6 is 12.6 Å². The summed E-state index contributed by atoms with van der Waals surface area (Å²) in [5, 5.41) is 34.7. The first kappa shape index (κ1) is 26.1. The maximum atomic E-state index is 12.6. The number of hydrogen-bond acceptors (Lipinski definition) is 8. The minimum atomic E-state index is -1.45. The zero-order valence-corrected chi connectivity index (χ0v) is 17.0. The molecule has 0 aromatic rings. The van der Waals surface area contributed by atoms with E-state index < -0.39 is 60.6 Å². The van der Waals surface area contributed by atoms with E-state index >= 15 is 0 Å². The fourth-order valence-electron chi connectivity index (χ4n) is 2.14. The van der Waals surface area contributed by atoms with Gasteiger partial charge in [-0.05, 0) is 12.8 Å². The third kappa shape index (κ3) is 8.00. The normalized spacial score (nSPS) is 17.4. The topological polar surface area (TPSA) is 191 Å². The number of hydrogen-bond donors (Lipinski definition) is 8. The van der Waals surface area contributed by atoms with Crippen LogP contribution in [-0.4, -0.2) is 81.6 Å². The molecule has 0 saturated carbocycles. The summed E-state index contributed by atoms with van der Waals surface area (Å²) in [6.07, 6.45) is -0.842. The number of nitrogens with one attached hydrogen (secondary N) is 3. The Balaban J connectivity index is 5.36. The maximum absolute atomic E-state index is 12.6. The van der Waals surface area contributed by atoms with Gasteiger partial charge in [0.15, 0.2) is 0 Å². The molecule has 8 N–H and O–H groups in total. The van der Waals surface area contributed by atoms with Gasteiger partial charge in [0, 0.05) is 5.75 Å². The van der Waals surface area contributed by atoms with Crippen molar-refractivity contribution in [3.8, 4) is 0 Å². The van der Waals surface area contributed by atoms with E-state index in [9.17, 15) is 24.3 Å². The van der Waals surface area contributed by atoms with Crippen molar-refractivity contribution in [3.05, 3.63) is 0 Å². The van der Waals surface area contributed by atoms with Crippen molar-refractivity contribution in [2.45, 2.75) is 57.5 Å². The molecule has 0 rings (SSSR count). The summed E-state index contributed by atoms with van der Waals surface area (Å²) in [6, 6.07) is -5.06. The number of carboxylic acid groups (broad SMARTS) is 1. The molecule has 0 aromatic carbocycles. The summed E-state index contributed by atoms with van der Waals surface area (Å²) in [6.45, 7) is 4.11. The number of carbonyl (C=O) groups excluding carboxylic acids is 3. The van der Waals surface area contributed by atoms with Gasteiger partial charge >= 0.3 is 5.97 Å². The quantitative estimate of drug-likeness (QED) is 0.155. The first-order chi connectivity index (χ1) is 13.0. The number of nitrogens with two attached hydrogens (primary N) is 1. The second-order valence-corrected chi connectivity index (χ2v) is 6.83. The molecular weight excluding hydrogens is 392 g/mol. The van der Waals surface area contributed by atoms with Gasteiger partial charge in [-0.3, -0.25) is 14.4 Å². The summed E-state index contributed by atoms with van der Waals surface area (Å²) in [7, 11) is 0. The van der Waals surface area contributed by atoms with Crippen LogP contribution in [0.3, 0.4) is 0 Å². The van der Waals surface area contributed by atoms with Gasteiger partial charge in [0.05, 0.1) is 12.7 Å². The largest absolute Gasteiger partial charge is 0.480 e. The van der Waals surface area contributed by atoms with Crippen molar-refractivity contribution in [2.24, 2.45) is 11.7 Å². The first-order valence-corrected chi connectivity index (χ1v) is 9.42. The average Bonchev–Trinajstić information content (AvgIpc) is 2.65. The molecule has 3 amide bonds. The van der Waals surface area contributed by atoms with Crippen molar-refractivity contribution < 1.29 is 34.5 Å². The maximum Gasteiger partial charge on any atom is 0.327 e. The molecule has 0 spiro atoms. The summed E-state index contributed by atoms with van der Waals surface area (Å²) in [5.41, 5.74) is 5.44. The van der Waals surface area contributed by atoms with Gasteiger partial charge in [-0.25, -0.2) is 4.79 Å². The standard InChI is InChI=1S/C16H30N4O7S/c1-4-7(2)11(19-13(23)9(17)5-21)14(24)20-12(8(3)22)15(25)18-10(6-28)16(26)27/h7-12,21-22,28H,4-6,17H2,1-3H3,(H,18,25)(H,19,23)(H,20,24)(H,26,27). The number of aliphatic hydroxyl groups excluding tert-OH is 2. The Morgan fingerprint density at radius 3 is 1.89 bits per heavy atom. The second kappa shape index (κ2) is 12.5. The van der Waals surface area contributed by atoms with Crippen LogP contribution in [0.4, 0.5) is 0 Å². The molecule has 0 aliphatic rings. The van der Waals surface area contributed by atoms with Crippen molar-refractivity contribution >= 4 is 36.3 Å². The van der Waals surface area contributed by atoms with E-state index in [0.29, 0.717) is 6.42 Å². The van der Waals surface area contributed by atoms with E-state index in [1.165, 1.54) is 6.92 Å². The Hall–Kier alpha value is -1.89. The van der Waals surface area contributed by atoms with E-state index in [1.54, 1.807) is 13.8 Å². The Kier molecular flexibility index (Phi) is 11.7. The van der Waals surface area contributed by atoms with Crippen LogP contribution in [0.1, 0.15) is 27.2 Å². The monoisotopic (exact) mass is 422 g/mol. The van der Waals surface area contributed by atoms with E-state index in [1.807, 2.05) is 0 Å². The predicted molar refractivity (Wildman–Crippen MR) is 103 cm³/mol. The predicted octanol–water partition coefficient (Wildman–Crippen LogP) is -2.80. The minimum Gasteiger partial charge on any atom is -0.480 e. The number of aliphatic carboxylic acids is 1. The summed E-state index contributed by atoms with van der Waals surface area (Å²) >= 11 is 3.83. The van der Waals surface area contributed by atoms with Crippen LogP contribution < -0.4 is 21.7 Å². The third-order valence-corrected chi connectivity index (χ3v) is 4.55. The molecule has 0 bridgehead atoms. The molecule has 0 aliphatic carbocycles. The molecule has 11 nitrogen and oxygen atoms in total. The zero-order chi connectivity index (χ0) is 22.0. The van der Waals surface area contributed by atoms with Crippen LogP contribution in [0, 0.1) is 5.92 Å². The first-order valence-electron chi connectivity index (χ1n) is 8.79. The highest BCUT2D eigenvalue weighted by atomic mass is 32.1. The number of thiol groups is 1. The SMILES string of the molecule is CCC(C)C(NC(=O)C(N)CO)C(=O)NC(C(=O)NC(CS)C(=O)O)C(C)O. The van der Waals surface area contributed by atoms with Gasteiger partial charge in [-0.2, -0.15) is 12.6 Å². The fourth-order valence-corrected chi connectivity index (χ4v) is 2.39. The second-order valence-electron chi connectivity index (χ2n) is 6.47. The van der Waals surface area contributed by atoms with Crippen molar-refractivity contribution in [1.82, 2.24) is 16.0 Å². The molecule has 162 valence electrons. The highest BCUT2D eigenvalue weighted by Crippen LogP contribution is 2.09. The van der Waals surface area contributed by atoms with Crippen molar-refractivity contribution in [1.29, 1.82) is 0 Å². The lowest BCUT2D eigenvalue weighted by Crippen LogP contribution is -2.61. The number of carbonyl (C=O) groups is 4. The highest BCUT2D eigenvalue weighted by molar-refractivity contribution is 7.80. The van der Waals surface area contributed by atoms with E-state index in [2.05, 4.69) is 28.6 Å².